The summed E-state index contributed by atoms with van der Waals surface area (Å²) in [6, 6.07) is 0. The van der Waals surface area contributed by atoms with E-state index in [0.29, 0.717) is 38.5 Å². The second-order valence-corrected chi connectivity index (χ2v) is 21.5. The fourth-order valence-corrected chi connectivity index (χ4v) is 9.59. The molecule has 0 aromatic rings. The van der Waals surface area contributed by atoms with Gasteiger partial charge in [0, 0.05) is 19.3 Å². The molecule has 0 radical (unpaired) electrons. The van der Waals surface area contributed by atoms with Gasteiger partial charge in [0.15, 0.2) is 6.10 Å². The zero-order valence-corrected chi connectivity index (χ0v) is 47.0. The van der Waals surface area contributed by atoms with Crippen LogP contribution < -0.4 is 0 Å². The number of carbonyl (C=O) groups excluding carboxylic acids is 3. The van der Waals surface area contributed by atoms with Crippen LogP contribution in [0.25, 0.3) is 0 Å². The Bertz CT molecular complexity index is 1170. The third-order valence-corrected chi connectivity index (χ3v) is 14.5. The fraction of sp³-hybridized carbons (Fsp3) is 0.950. The summed E-state index contributed by atoms with van der Waals surface area (Å²) in [5, 5.41) is 65.8. The van der Waals surface area contributed by atoms with Crippen molar-refractivity contribution in [2.75, 3.05) is 6.61 Å². The van der Waals surface area contributed by atoms with E-state index in [1.807, 2.05) is 0 Å². The summed E-state index contributed by atoms with van der Waals surface area (Å²) in [6.45, 7) is 5.62. The third kappa shape index (κ3) is 38.7. The zero-order chi connectivity index (χ0) is 53.2. The molecule has 0 spiro atoms. The Morgan fingerprint density at radius 1 is 0.333 bits per heavy atom. The van der Waals surface area contributed by atoms with Crippen LogP contribution in [0.2, 0.25) is 0 Å². The van der Waals surface area contributed by atoms with Crippen molar-refractivity contribution in [3.63, 3.8) is 0 Å². The number of ether oxygens (including phenoxy) is 3. The summed E-state index contributed by atoms with van der Waals surface area (Å²) in [6.07, 6.45) is 42.1. The Hall–Kier alpha value is -1.83. The van der Waals surface area contributed by atoms with E-state index in [1.54, 1.807) is 0 Å². The molecule has 0 saturated carbocycles. The van der Waals surface area contributed by atoms with Crippen LogP contribution in [0, 0.1) is 0 Å². The van der Waals surface area contributed by atoms with Gasteiger partial charge < -0.3 is 44.8 Å². The Kier molecular flexibility index (Phi) is 48.7. The van der Waals surface area contributed by atoms with Crippen molar-refractivity contribution in [1.82, 2.24) is 0 Å². The molecule has 0 aliphatic rings. The molecule has 0 aliphatic heterocycles. The minimum atomic E-state index is -3.81. The Morgan fingerprint density at radius 2 is 0.528 bits per heavy atom. The molecule has 0 aromatic carbocycles. The molecule has 0 amide bonds. The summed E-state index contributed by atoms with van der Waals surface area (Å²) in [4.78, 5) is 40.1. The van der Waals surface area contributed by atoms with Gasteiger partial charge in [-0.25, -0.2) is 0 Å². The number of rotatable bonds is 56. The minimum Gasteiger partial charge on any atom is -0.419 e. The van der Waals surface area contributed by atoms with Crippen molar-refractivity contribution >= 4 is 17.9 Å². The molecule has 0 fully saturated rings. The molecule has 72 heavy (non-hydrogen) atoms. The van der Waals surface area contributed by atoms with Gasteiger partial charge in [0.25, 0.3) is 0 Å². The highest BCUT2D eigenvalue weighted by molar-refractivity contribution is 5.73. The maximum absolute atomic E-state index is 13.4. The third-order valence-electron chi connectivity index (χ3n) is 14.5. The fourth-order valence-electron chi connectivity index (χ4n) is 9.59. The first-order chi connectivity index (χ1) is 34.9. The number of hydrogen-bond donors (Lipinski definition) is 6. The van der Waals surface area contributed by atoms with Crippen molar-refractivity contribution in [2.45, 2.75) is 359 Å². The van der Waals surface area contributed by atoms with E-state index in [9.17, 15) is 45.0 Å². The smallest absolute Gasteiger partial charge is 0.419 e. The molecular formula is C60H116O12. The lowest BCUT2D eigenvalue weighted by molar-refractivity contribution is -0.465. The largest absolute Gasteiger partial charge is 0.446 e. The highest BCUT2D eigenvalue weighted by atomic mass is 16.9. The molecule has 0 unspecified atom stereocenters. The predicted octanol–water partition coefficient (Wildman–Crippen LogP) is 14.8. The molecule has 6 N–H and O–H groups in total. The van der Waals surface area contributed by atoms with Crippen LogP contribution in [0.4, 0.5) is 0 Å². The van der Waals surface area contributed by atoms with E-state index in [-0.39, 0.29) is 19.3 Å². The Labute approximate surface area is 441 Å². The summed E-state index contributed by atoms with van der Waals surface area (Å²) >= 11 is 0. The monoisotopic (exact) mass is 1030 g/mol. The standard InChI is InChI=1S/C60H116O12/c1-4-7-10-13-16-19-22-25-28-31-34-37-40-43-46-49-54(63)70-59(68,58(67)57(66)53(62)52-61)60(69,71-55(64)50-47-44-41-38-35-32-29-26-23-20-17-14-11-8-5-2)72-56(65)51-48-45-42-39-36-33-30-27-24-21-18-15-12-9-6-3/h53,57-58,61-62,66-69H,4-52H2,1-3H3/t53-,57-,58-,59+/m0/s1. The van der Waals surface area contributed by atoms with E-state index >= 15 is 0 Å². The Balaban J connectivity index is 5.42. The number of esters is 3. The van der Waals surface area contributed by atoms with E-state index in [4.69, 9.17) is 14.2 Å². The molecular weight excluding hydrogens is 913 g/mol. The average molecular weight is 1030 g/mol. The molecule has 0 heterocycles. The molecule has 0 aliphatic carbocycles. The second-order valence-electron chi connectivity index (χ2n) is 21.5. The normalized spacial score (nSPS) is 14.0. The average Bonchev–Trinajstić information content (AvgIpc) is 3.36. The summed E-state index contributed by atoms with van der Waals surface area (Å²) in [5.74, 6) is -10.9. The van der Waals surface area contributed by atoms with Crippen molar-refractivity contribution < 1.29 is 59.2 Å². The van der Waals surface area contributed by atoms with Gasteiger partial charge in [0.1, 0.15) is 12.2 Å². The molecule has 0 saturated heterocycles. The van der Waals surface area contributed by atoms with Gasteiger partial charge in [-0.2, -0.15) is 0 Å². The molecule has 4 atom stereocenters. The summed E-state index contributed by atoms with van der Waals surface area (Å²) in [7, 11) is 0. The number of carbonyl (C=O) groups is 3. The number of aliphatic hydroxyl groups is 6. The van der Waals surface area contributed by atoms with Gasteiger partial charge in [-0.1, -0.05) is 290 Å². The number of hydrogen-bond acceptors (Lipinski definition) is 12. The van der Waals surface area contributed by atoms with Crippen molar-refractivity contribution in [1.29, 1.82) is 0 Å². The first-order valence-corrected chi connectivity index (χ1v) is 30.7. The van der Waals surface area contributed by atoms with Crippen molar-refractivity contribution in [3.05, 3.63) is 0 Å². The lowest BCUT2D eigenvalue weighted by Gasteiger charge is -2.43. The van der Waals surface area contributed by atoms with E-state index in [2.05, 4.69) is 20.8 Å². The number of unbranched alkanes of at least 4 members (excludes halogenated alkanes) is 42. The van der Waals surface area contributed by atoms with Gasteiger partial charge in [0.2, 0.25) is 0 Å². The van der Waals surface area contributed by atoms with Crippen LogP contribution in [0.3, 0.4) is 0 Å². The minimum absolute atomic E-state index is 0.252. The lowest BCUT2D eigenvalue weighted by atomic mass is 9.97. The quantitative estimate of drug-likeness (QED) is 0.0192. The molecule has 0 rings (SSSR count). The molecule has 12 heteroatoms. The lowest BCUT2D eigenvalue weighted by Crippen LogP contribution is -2.70. The molecule has 0 aromatic heterocycles. The summed E-state index contributed by atoms with van der Waals surface area (Å²) < 4.78 is 15.8. The summed E-state index contributed by atoms with van der Waals surface area (Å²) in [5.41, 5.74) is 0. The van der Waals surface area contributed by atoms with Gasteiger partial charge >= 0.3 is 29.7 Å². The van der Waals surface area contributed by atoms with Crippen molar-refractivity contribution in [3.8, 4) is 0 Å². The van der Waals surface area contributed by atoms with Gasteiger partial charge in [0.05, 0.1) is 6.61 Å². The maximum atomic E-state index is 13.4. The van der Waals surface area contributed by atoms with E-state index in [0.717, 1.165) is 77.0 Å². The molecule has 428 valence electrons. The van der Waals surface area contributed by atoms with Crippen LogP contribution in [-0.4, -0.2) is 85.2 Å². The van der Waals surface area contributed by atoms with Crippen LogP contribution in [-0.2, 0) is 28.6 Å². The molecule has 12 nitrogen and oxygen atoms in total. The first kappa shape index (κ1) is 70.2. The van der Waals surface area contributed by atoms with Crippen molar-refractivity contribution in [2.24, 2.45) is 0 Å². The predicted molar refractivity (Wildman–Crippen MR) is 292 cm³/mol. The van der Waals surface area contributed by atoms with Crippen LogP contribution in [0.15, 0.2) is 0 Å². The Morgan fingerprint density at radius 3 is 0.736 bits per heavy atom. The SMILES string of the molecule is CCCCCCCCCCCCCCCCCC(=O)OC(O)(OC(=O)CCCCCCCCCCCCCCCCC)[C@](O)(OC(=O)CCCCCCCCCCCCCCCCC)[C@@H](O)[C@@H](O)[C@@H](O)CO. The highest BCUT2D eigenvalue weighted by Crippen LogP contribution is 2.35. The van der Waals surface area contributed by atoms with E-state index in [1.165, 1.54) is 173 Å². The van der Waals surface area contributed by atoms with Crippen LogP contribution in [0.5, 0.6) is 0 Å². The zero-order valence-electron chi connectivity index (χ0n) is 47.0. The van der Waals surface area contributed by atoms with Gasteiger partial charge in [-0.05, 0) is 19.3 Å². The van der Waals surface area contributed by atoms with Crippen LogP contribution >= 0.6 is 0 Å². The maximum Gasteiger partial charge on any atom is 0.446 e. The van der Waals surface area contributed by atoms with Gasteiger partial charge in [-0.15, -0.1) is 0 Å². The number of aliphatic hydroxyl groups excluding tert-OH is 4. The second kappa shape index (κ2) is 50.0. The highest BCUT2D eigenvalue weighted by Gasteiger charge is 2.67. The van der Waals surface area contributed by atoms with E-state index < -0.39 is 54.6 Å². The topological polar surface area (TPSA) is 200 Å². The molecule has 0 bridgehead atoms. The van der Waals surface area contributed by atoms with Gasteiger partial charge in [-0.3, -0.25) is 14.4 Å². The first-order valence-electron chi connectivity index (χ1n) is 30.7. The van der Waals surface area contributed by atoms with Crippen LogP contribution in [0.1, 0.15) is 329 Å².